The summed E-state index contributed by atoms with van der Waals surface area (Å²) >= 11 is 10.1. The molecule has 0 aromatic heterocycles. The van der Waals surface area contributed by atoms with Crippen molar-refractivity contribution in [1.82, 2.24) is 0 Å². The van der Waals surface area contributed by atoms with Crippen molar-refractivity contribution < 1.29 is 4.79 Å². The number of thioether (sulfide) groups is 1. The molecule has 0 saturated carbocycles. The zero-order chi connectivity index (χ0) is 14.8. The van der Waals surface area contributed by atoms with Crippen LogP contribution in [0, 0.1) is 0 Å². The largest absolute Gasteiger partial charge is 0.270 e. The molecule has 5 heteroatoms. The predicted octanol–water partition coefficient (Wildman–Crippen LogP) is 4.85. The molecule has 0 unspecified atom stereocenters. The number of halogens is 1. The highest BCUT2D eigenvalue weighted by molar-refractivity contribution is 9.10. The maximum Gasteiger partial charge on any atom is 0.270 e. The van der Waals surface area contributed by atoms with E-state index in [9.17, 15) is 4.79 Å². The first-order valence-electron chi connectivity index (χ1n) is 6.24. The van der Waals surface area contributed by atoms with Crippen LogP contribution in [0.1, 0.15) is 5.56 Å². The molecule has 104 valence electrons. The van der Waals surface area contributed by atoms with E-state index >= 15 is 0 Å². The Kier molecular flexibility index (Phi) is 4.24. The van der Waals surface area contributed by atoms with Crippen molar-refractivity contribution in [1.29, 1.82) is 0 Å². The standard InChI is InChI=1S/C16H10BrNOS2/c17-12-6-8-13(9-7-12)18-15(19)14(21-16(18)20)10-11-4-2-1-3-5-11/h1-10H/b14-10+. The van der Waals surface area contributed by atoms with Crippen molar-refractivity contribution in [2.24, 2.45) is 0 Å². The molecule has 3 rings (SSSR count). The molecule has 0 spiro atoms. The Hall–Kier alpha value is -1.43. The van der Waals surface area contributed by atoms with Gasteiger partial charge in [-0.2, -0.15) is 0 Å². The fourth-order valence-corrected chi connectivity index (χ4v) is 3.54. The van der Waals surface area contributed by atoms with Crippen molar-refractivity contribution in [2.45, 2.75) is 0 Å². The van der Waals surface area contributed by atoms with Crippen LogP contribution in [0.25, 0.3) is 6.08 Å². The molecule has 1 aliphatic rings. The minimum absolute atomic E-state index is 0.0730. The number of carbonyl (C=O) groups excluding carboxylic acids is 1. The molecule has 1 aliphatic heterocycles. The molecule has 1 saturated heterocycles. The van der Waals surface area contributed by atoms with Gasteiger partial charge in [0.1, 0.15) is 0 Å². The molecular formula is C16H10BrNOS2. The number of amides is 1. The molecule has 0 radical (unpaired) electrons. The smallest absolute Gasteiger partial charge is 0.268 e. The van der Waals surface area contributed by atoms with E-state index in [2.05, 4.69) is 15.9 Å². The van der Waals surface area contributed by atoms with E-state index < -0.39 is 0 Å². The number of hydrogen-bond acceptors (Lipinski definition) is 3. The Labute approximate surface area is 141 Å². The quantitative estimate of drug-likeness (QED) is 0.552. The van der Waals surface area contributed by atoms with Gasteiger partial charge in [-0.05, 0) is 35.9 Å². The SMILES string of the molecule is O=C1/C(=C\c2ccccc2)SC(=S)N1c1ccc(Br)cc1. The van der Waals surface area contributed by atoms with Gasteiger partial charge >= 0.3 is 0 Å². The van der Waals surface area contributed by atoms with Gasteiger partial charge in [0.2, 0.25) is 0 Å². The first-order chi connectivity index (χ1) is 10.1. The highest BCUT2D eigenvalue weighted by Crippen LogP contribution is 2.36. The zero-order valence-electron chi connectivity index (χ0n) is 10.8. The summed E-state index contributed by atoms with van der Waals surface area (Å²) in [6.45, 7) is 0. The van der Waals surface area contributed by atoms with Gasteiger partial charge in [0, 0.05) is 4.47 Å². The molecule has 2 nitrogen and oxygen atoms in total. The van der Waals surface area contributed by atoms with E-state index in [1.807, 2.05) is 60.7 Å². The van der Waals surface area contributed by atoms with Crippen LogP contribution in [0.3, 0.4) is 0 Å². The van der Waals surface area contributed by atoms with Gasteiger partial charge in [0.05, 0.1) is 10.6 Å². The van der Waals surface area contributed by atoms with E-state index in [-0.39, 0.29) is 5.91 Å². The number of anilines is 1. The molecule has 0 bridgehead atoms. The molecule has 1 heterocycles. The van der Waals surface area contributed by atoms with Crippen LogP contribution in [0.2, 0.25) is 0 Å². The summed E-state index contributed by atoms with van der Waals surface area (Å²) in [5, 5.41) is 0. The number of rotatable bonds is 2. The van der Waals surface area contributed by atoms with Crippen LogP contribution in [-0.2, 0) is 4.79 Å². The second-order valence-corrected chi connectivity index (χ2v) is 7.00. The number of carbonyl (C=O) groups is 1. The number of hydrogen-bond donors (Lipinski definition) is 0. The van der Waals surface area contributed by atoms with Crippen molar-refractivity contribution in [3.05, 3.63) is 69.5 Å². The van der Waals surface area contributed by atoms with Crippen LogP contribution in [0.4, 0.5) is 5.69 Å². The van der Waals surface area contributed by atoms with Crippen LogP contribution >= 0.6 is 39.9 Å². The molecule has 0 aliphatic carbocycles. The number of benzene rings is 2. The molecule has 1 amide bonds. The number of thiocarbonyl (C=S) groups is 1. The third-order valence-electron chi connectivity index (χ3n) is 2.98. The van der Waals surface area contributed by atoms with Crippen LogP contribution in [0.5, 0.6) is 0 Å². The van der Waals surface area contributed by atoms with Crippen LogP contribution < -0.4 is 4.90 Å². The fourth-order valence-electron chi connectivity index (χ4n) is 1.98. The summed E-state index contributed by atoms with van der Waals surface area (Å²) in [7, 11) is 0. The minimum atomic E-state index is -0.0730. The van der Waals surface area contributed by atoms with Crippen LogP contribution in [0.15, 0.2) is 64.0 Å². The second kappa shape index (κ2) is 6.13. The van der Waals surface area contributed by atoms with Gasteiger partial charge < -0.3 is 0 Å². The lowest BCUT2D eigenvalue weighted by atomic mass is 10.2. The average molecular weight is 376 g/mol. The summed E-state index contributed by atoms with van der Waals surface area (Å²) in [5.41, 5.74) is 1.78. The van der Waals surface area contributed by atoms with E-state index in [4.69, 9.17) is 12.2 Å². The topological polar surface area (TPSA) is 20.3 Å². The Morgan fingerprint density at radius 2 is 1.71 bits per heavy atom. The minimum Gasteiger partial charge on any atom is -0.268 e. The molecule has 2 aromatic rings. The Balaban J connectivity index is 1.92. The summed E-state index contributed by atoms with van der Waals surface area (Å²) in [4.78, 5) is 14.8. The van der Waals surface area contributed by atoms with E-state index in [0.717, 1.165) is 15.7 Å². The lowest BCUT2D eigenvalue weighted by molar-refractivity contribution is -0.113. The van der Waals surface area contributed by atoms with Gasteiger partial charge in [0.25, 0.3) is 5.91 Å². The van der Waals surface area contributed by atoms with Gasteiger partial charge in [-0.15, -0.1) is 0 Å². The van der Waals surface area contributed by atoms with Crippen molar-refractivity contribution in [3.63, 3.8) is 0 Å². The fraction of sp³-hybridized carbons (Fsp3) is 0. The molecule has 0 N–H and O–H groups in total. The first kappa shape index (κ1) is 14.5. The normalized spacial score (nSPS) is 16.8. The average Bonchev–Trinajstić information content (AvgIpc) is 2.76. The van der Waals surface area contributed by atoms with Gasteiger partial charge in [0.15, 0.2) is 4.32 Å². The maximum absolute atomic E-state index is 12.5. The molecule has 21 heavy (non-hydrogen) atoms. The van der Waals surface area contributed by atoms with Crippen LogP contribution in [-0.4, -0.2) is 10.2 Å². The van der Waals surface area contributed by atoms with Gasteiger partial charge in [-0.25, -0.2) is 0 Å². The van der Waals surface area contributed by atoms with Crippen molar-refractivity contribution in [3.8, 4) is 0 Å². The lowest BCUT2D eigenvalue weighted by Gasteiger charge is -2.14. The Bertz CT molecular complexity index is 726. The highest BCUT2D eigenvalue weighted by atomic mass is 79.9. The summed E-state index contributed by atoms with van der Waals surface area (Å²) in [6.07, 6.45) is 1.87. The lowest BCUT2D eigenvalue weighted by Crippen LogP contribution is -2.27. The predicted molar refractivity (Wildman–Crippen MR) is 96.2 cm³/mol. The second-order valence-electron chi connectivity index (χ2n) is 4.40. The third kappa shape index (κ3) is 3.10. The van der Waals surface area contributed by atoms with Gasteiger partial charge in [-0.3, -0.25) is 9.69 Å². The summed E-state index contributed by atoms with van der Waals surface area (Å²) < 4.78 is 1.53. The highest BCUT2D eigenvalue weighted by Gasteiger charge is 2.33. The van der Waals surface area contributed by atoms with E-state index in [1.165, 1.54) is 11.8 Å². The van der Waals surface area contributed by atoms with Gasteiger partial charge in [-0.1, -0.05) is 70.2 Å². The Morgan fingerprint density at radius 3 is 2.38 bits per heavy atom. The first-order valence-corrected chi connectivity index (χ1v) is 8.25. The number of nitrogens with zero attached hydrogens (tertiary/aromatic N) is 1. The molecule has 2 aromatic carbocycles. The van der Waals surface area contributed by atoms with E-state index in [1.54, 1.807) is 4.90 Å². The Morgan fingerprint density at radius 1 is 1.05 bits per heavy atom. The molecule has 0 atom stereocenters. The monoisotopic (exact) mass is 375 g/mol. The summed E-state index contributed by atoms with van der Waals surface area (Å²) in [6, 6.07) is 17.3. The van der Waals surface area contributed by atoms with E-state index in [0.29, 0.717) is 9.23 Å². The zero-order valence-corrected chi connectivity index (χ0v) is 14.0. The molecular weight excluding hydrogens is 366 g/mol. The summed E-state index contributed by atoms with van der Waals surface area (Å²) in [5.74, 6) is -0.0730. The molecule has 1 fully saturated rings. The third-order valence-corrected chi connectivity index (χ3v) is 4.81. The van der Waals surface area contributed by atoms with Crippen molar-refractivity contribution >= 4 is 61.9 Å². The van der Waals surface area contributed by atoms with Crippen molar-refractivity contribution in [2.75, 3.05) is 4.90 Å². The maximum atomic E-state index is 12.5.